The van der Waals surface area contributed by atoms with Crippen LogP contribution in [-0.4, -0.2) is 35.1 Å². The fraction of sp³-hybridized carbons (Fsp3) is 0.562. The van der Waals surface area contributed by atoms with Gasteiger partial charge in [0.1, 0.15) is 0 Å². The molecule has 1 aliphatic carbocycles. The normalized spacial score (nSPS) is 14.9. The lowest BCUT2D eigenvalue weighted by atomic mass is 10.1. The standard InChI is InChI=1S/C16H21NO2S/c1-2-17(14-7-3-4-8-14)16(19)13-11-15(20-12-13)9-5-6-10-18/h11-12,14,18H,2-4,6-8,10H2,1H3. The monoisotopic (exact) mass is 291 g/mol. The minimum atomic E-state index is 0.0788. The Bertz CT molecular complexity index is 506. The van der Waals surface area contributed by atoms with Crippen molar-refractivity contribution in [2.75, 3.05) is 13.2 Å². The zero-order valence-electron chi connectivity index (χ0n) is 11.9. The van der Waals surface area contributed by atoms with Crippen LogP contribution < -0.4 is 0 Å². The summed E-state index contributed by atoms with van der Waals surface area (Å²) < 4.78 is 0. The summed E-state index contributed by atoms with van der Waals surface area (Å²) in [5, 5.41) is 10.6. The third-order valence-corrected chi connectivity index (χ3v) is 4.51. The first-order chi connectivity index (χ1) is 9.76. The second kappa shape index (κ2) is 7.47. The van der Waals surface area contributed by atoms with Crippen LogP contribution >= 0.6 is 11.3 Å². The molecule has 1 amide bonds. The largest absolute Gasteiger partial charge is 0.395 e. The van der Waals surface area contributed by atoms with E-state index < -0.39 is 0 Å². The number of carbonyl (C=O) groups is 1. The predicted octanol–water partition coefficient (Wildman–Crippen LogP) is 2.89. The Morgan fingerprint density at radius 1 is 1.50 bits per heavy atom. The molecule has 0 bridgehead atoms. The van der Waals surface area contributed by atoms with E-state index in [-0.39, 0.29) is 12.5 Å². The summed E-state index contributed by atoms with van der Waals surface area (Å²) in [6.45, 7) is 2.89. The lowest BCUT2D eigenvalue weighted by Crippen LogP contribution is -2.38. The van der Waals surface area contributed by atoms with Gasteiger partial charge in [0, 0.05) is 24.4 Å². The van der Waals surface area contributed by atoms with E-state index in [2.05, 4.69) is 11.8 Å². The quantitative estimate of drug-likeness (QED) is 0.867. The number of hydrogen-bond acceptors (Lipinski definition) is 3. The van der Waals surface area contributed by atoms with Crippen molar-refractivity contribution in [2.24, 2.45) is 0 Å². The molecule has 1 aromatic rings. The summed E-state index contributed by atoms with van der Waals surface area (Å²) >= 11 is 1.50. The van der Waals surface area contributed by atoms with Crippen molar-refractivity contribution < 1.29 is 9.90 Å². The molecule has 3 nitrogen and oxygen atoms in total. The number of thiophene rings is 1. The highest BCUT2D eigenvalue weighted by molar-refractivity contribution is 7.10. The molecule has 0 aliphatic heterocycles. The van der Waals surface area contributed by atoms with Crippen molar-refractivity contribution in [3.63, 3.8) is 0 Å². The molecule has 0 spiro atoms. The first-order valence-corrected chi connectivity index (χ1v) is 8.13. The summed E-state index contributed by atoms with van der Waals surface area (Å²) in [6.07, 6.45) is 5.20. The topological polar surface area (TPSA) is 40.5 Å². The third kappa shape index (κ3) is 3.62. The minimum absolute atomic E-state index is 0.0788. The molecule has 0 unspecified atom stereocenters. The van der Waals surface area contributed by atoms with Gasteiger partial charge in [-0.25, -0.2) is 0 Å². The van der Waals surface area contributed by atoms with Gasteiger partial charge in [-0.1, -0.05) is 24.7 Å². The Balaban J connectivity index is 2.06. The van der Waals surface area contributed by atoms with Crippen molar-refractivity contribution in [1.29, 1.82) is 0 Å². The zero-order chi connectivity index (χ0) is 14.4. The highest BCUT2D eigenvalue weighted by atomic mass is 32.1. The number of amides is 1. The molecular weight excluding hydrogens is 270 g/mol. The maximum Gasteiger partial charge on any atom is 0.254 e. The van der Waals surface area contributed by atoms with Gasteiger partial charge in [0.15, 0.2) is 0 Å². The molecule has 1 N–H and O–H groups in total. The van der Waals surface area contributed by atoms with E-state index in [1.165, 1.54) is 24.2 Å². The van der Waals surface area contributed by atoms with Crippen molar-refractivity contribution >= 4 is 17.2 Å². The van der Waals surface area contributed by atoms with E-state index in [0.717, 1.165) is 29.8 Å². The first-order valence-electron chi connectivity index (χ1n) is 7.25. The highest BCUT2D eigenvalue weighted by Gasteiger charge is 2.26. The van der Waals surface area contributed by atoms with Crippen LogP contribution in [-0.2, 0) is 0 Å². The maximum atomic E-state index is 12.6. The second-order valence-electron chi connectivity index (χ2n) is 5.00. The number of nitrogens with zero attached hydrogens (tertiary/aromatic N) is 1. The van der Waals surface area contributed by atoms with E-state index in [4.69, 9.17) is 5.11 Å². The lowest BCUT2D eigenvalue weighted by molar-refractivity contribution is 0.0694. The Morgan fingerprint density at radius 2 is 2.25 bits per heavy atom. The number of aliphatic hydroxyl groups is 1. The van der Waals surface area contributed by atoms with E-state index in [1.54, 1.807) is 0 Å². The fourth-order valence-corrected chi connectivity index (χ4v) is 3.42. The minimum Gasteiger partial charge on any atom is -0.395 e. The van der Waals surface area contributed by atoms with Crippen molar-refractivity contribution in [3.05, 3.63) is 21.9 Å². The molecule has 1 fully saturated rings. The molecule has 108 valence electrons. The van der Waals surface area contributed by atoms with Crippen LogP contribution in [0.25, 0.3) is 0 Å². The van der Waals surface area contributed by atoms with Gasteiger partial charge in [-0.05, 0) is 25.8 Å². The molecule has 0 radical (unpaired) electrons. The molecule has 0 atom stereocenters. The molecule has 20 heavy (non-hydrogen) atoms. The molecule has 0 aromatic carbocycles. The average molecular weight is 291 g/mol. The molecule has 1 heterocycles. The van der Waals surface area contributed by atoms with Crippen LogP contribution in [0.2, 0.25) is 0 Å². The summed E-state index contributed by atoms with van der Waals surface area (Å²) in [4.78, 5) is 15.4. The summed E-state index contributed by atoms with van der Waals surface area (Å²) in [5.41, 5.74) is 0.747. The van der Waals surface area contributed by atoms with Gasteiger partial charge in [-0.3, -0.25) is 4.79 Å². The zero-order valence-corrected chi connectivity index (χ0v) is 12.7. The van der Waals surface area contributed by atoms with Gasteiger partial charge in [0.25, 0.3) is 5.91 Å². The van der Waals surface area contributed by atoms with E-state index in [1.807, 2.05) is 23.3 Å². The summed E-state index contributed by atoms with van der Waals surface area (Å²) in [7, 11) is 0. The SMILES string of the molecule is CCN(C(=O)c1csc(C#CCCO)c1)C1CCCC1. The van der Waals surface area contributed by atoms with E-state index in [0.29, 0.717) is 12.5 Å². The Labute approximate surface area is 124 Å². The molecule has 2 rings (SSSR count). The van der Waals surface area contributed by atoms with Crippen LogP contribution in [0.3, 0.4) is 0 Å². The smallest absolute Gasteiger partial charge is 0.254 e. The van der Waals surface area contributed by atoms with Crippen molar-refractivity contribution in [2.45, 2.75) is 45.1 Å². The summed E-state index contributed by atoms with van der Waals surface area (Å²) in [5.74, 6) is 6.00. The van der Waals surface area contributed by atoms with Gasteiger partial charge >= 0.3 is 0 Å². The van der Waals surface area contributed by atoms with Crippen molar-refractivity contribution in [1.82, 2.24) is 4.90 Å². The lowest BCUT2D eigenvalue weighted by Gasteiger charge is -2.27. The Kier molecular flexibility index (Phi) is 5.63. The van der Waals surface area contributed by atoms with Gasteiger partial charge in [0.2, 0.25) is 0 Å². The van der Waals surface area contributed by atoms with Gasteiger partial charge in [-0.15, -0.1) is 11.3 Å². The van der Waals surface area contributed by atoms with E-state index in [9.17, 15) is 4.79 Å². The van der Waals surface area contributed by atoms with Gasteiger partial charge < -0.3 is 10.0 Å². The van der Waals surface area contributed by atoms with Crippen LogP contribution in [0.1, 0.15) is 54.3 Å². The number of rotatable bonds is 4. The number of hydrogen-bond donors (Lipinski definition) is 1. The van der Waals surface area contributed by atoms with E-state index >= 15 is 0 Å². The highest BCUT2D eigenvalue weighted by Crippen LogP contribution is 2.25. The number of aliphatic hydroxyl groups excluding tert-OH is 1. The average Bonchev–Trinajstić information content (AvgIpc) is 3.11. The fourth-order valence-electron chi connectivity index (χ4n) is 2.67. The molecule has 4 heteroatoms. The van der Waals surface area contributed by atoms with Crippen molar-refractivity contribution in [3.8, 4) is 11.8 Å². The number of carbonyl (C=O) groups excluding carboxylic acids is 1. The molecule has 1 aliphatic rings. The third-order valence-electron chi connectivity index (χ3n) is 3.66. The molecule has 1 aromatic heterocycles. The predicted molar refractivity (Wildman–Crippen MR) is 81.9 cm³/mol. The molecular formula is C16H21NO2S. The maximum absolute atomic E-state index is 12.6. The Morgan fingerprint density at radius 3 is 2.90 bits per heavy atom. The van der Waals surface area contributed by atoms with Gasteiger partial charge in [0.05, 0.1) is 17.0 Å². The van der Waals surface area contributed by atoms with Crippen LogP contribution in [0.4, 0.5) is 0 Å². The molecule has 1 saturated carbocycles. The van der Waals surface area contributed by atoms with Crippen LogP contribution in [0, 0.1) is 11.8 Å². The first kappa shape index (κ1) is 15.1. The van der Waals surface area contributed by atoms with Crippen LogP contribution in [0.15, 0.2) is 11.4 Å². The van der Waals surface area contributed by atoms with Crippen LogP contribution in [0.5, 0.6) is 0 Å². The second-order valence-corrected chi connectivity index (χ2v) is 5.92. The van der Waals surface area contributed by atoms with Gasteiger partial charge in [-0.2, -0.15) is 0 Å². The molecule has 0 saturated heterocycles. The summed E-state index contributed by atoms with van der Waals surface area (Å²) in [6, 6.07) is 2.28. The Hall–Kier alpha value is -1.31.